The van der Waals surface area contributed by atoms with Gasteiger partial charge >= 0.3 is 12.0 Å². The van der Waals surface area contributed by atoms with Crippen LogP contribution in [0.5, 0.6) is 6.01 Å². The van der Waals surface area contributed by atoms with Crippen molar-refractivity contribution in [1.29, 1.82) is 0 Å². The van der Waals surface area contributed by atoms with Crippen molar-refractivity contribution < 1.29 is 23.9 Å². The summed E-state index contributed by atoms with van der Waals surface area (Å²) in [5.41, 5.74) is 3.28. The lowest BCUT2D eigenvalue weighted by Gasteiger charge is -2.26. The molecule has 3 aliphatic rings. The minimum absolute atomic E-state index is 0.00342. The van der Waals surface area contributed by atoms with Crippen molar-refractivity contribution in [1.82, 2.24) is 25.1 Å². The Balaban J connectivity index is 1.05. The molecule has 0 radical (unpaired) electrons. The summed E-state index contributed by atoms with van der Waals surface area (Å²) in [4.78, 5) is 52.7. The number of fused-ring (bicyclic) bond motifs is 1. The fourth-order valence-electron chi connectivity index (χ4n) is 7.53. The van der Waals surface area contributed by atoms with E-state index in [1.807, 2.05) is 41.3 Å². The summed E-state index contributed by atoms with van der Waals surface area (Å²) in [5.74, 6) is 0.507. The number of ether oxygens (including phenoxy) is 2. The van der Waals surface area contributed by atoms with Gasteiger partial charge in [0.05, 0.1) is 30.1 Å². The molecule has 0 bridgehead atoms. The zero-order valence-electron chi connectivity index (χ0n) is 27.6. The lowest BCUT2D eigenvalue weighted by Crippen LogP contribution is -2.37. The number of carbonyl (C=O) groups excluding carboxylic acids is 3. The molecular formula is C37H45N5O5. The number of methoxy groups -OCH3 is 1. The van der Waals surface area contributed by atoms with Crippen LogP contribution in [0.15, 0.2) is 60.7 Å². The van der Waals surface area contributed by atoms with Crippen LogP contribution in [-0.4, -0.2) is 77.4 Å². The highest BCUT2D eigenvalue weighted by atomic mass is 16.6. The molecule has 3 aromatic rings. The van der Waals surface area contributed by atoms with Gasteiger partial charge in [0.25, 0.3) is 5.91 Å². The number of aryl methyl sites for hydroxylation is 2. The van der Waals surface area contributed by atoms with Gasteiger partial charge in [-0.3, -0.25) is 9.59 Å². The third-order valence-corrected chi connectivity index (χ3v) is 10.0. The molecule has 0 spiro atoms. The third kappa shape index (κ3) is 7.48. The molecule has 2 amide bonds. The number of nitrogens with one attached hydrogen (secondary N) is 1. The molecule has 2 aliphatic heterocycles. The second-order valence-corrected chi connectivity index (χ2v) is 13.2. The van der Waals surface area contributed by atoms with Crippen molar-refractivity contribution in [3.63, 3.8) is 0 Å². The predicted octanol–water partition coefficient (Wildman–Crippen LogP) is 4.83. The molecule has 10 heteroatoms. The molecule has 1 N–H and O–H groups in total. The molecule has 3 fully saturated rings. The smallest absolute Gasteiger partial charge is 0.351 e. The number of aromatic nitrogens is 2. The van der Waals surface area contributed by atoms with Crippen molar-refractivity contribution in [2.24, 2.45) is 17.8 Å². The van der Waals surface area contributed by atoms with Gasteiger partial charge in [0, 0.05) is 44.2 Å². The molecule has 2 saturated heterocycles. The van der Waals surface area contributed by atoms with E-state index >= 15 is 0 Å². The van der Waals surface area contributed by atoms with Crippen molar-refractivity contribution >= 4 is 17.8 Å². The Kier molecular flexibility index (Phi) is 10.2. The quantitative estimate of drug-likeness (QED) is 0.297. The number of esters is 1. The van der Waals surface area contributed by atoms with E-state index in [4.69, 9.17) is 9.47 Å². The molecule has 6 rings (SSSR count). The van der Waals surface area contributed by atoms with Gasteiger partial charge in [-0.05, 0) is 50.5 Å². The van der Waals surface area contributed by atoms with Crippen LogP contribution < -0.4 is 10.1 Å². The van der Waals surface area contributed by atoms with E-state index in [-0.39, 0.29) is 29.8 Å². The summed E-state index contributed by atoms with van der Waals surface area (Å²) >= 11 is 0. The highest BCUT2D eigenvalue weighted by molar-refractivity contribution is 5.96. The SMILES string of the molecule is COC(=O)[C@@H](Oc1nc(C)c(C(=O)N2CC3CN(CCC(NC(=O)C4CCCC4)c4ccccc4)CC3C2)c(C)n1)c1ccccc1. The van der Waals surface area contributed by atoms with Gasteiger partial charge in [-0.2, -0.15) is 9.97 Å². The van der Waals surface area contributed by atoms with Gasteiger partial charge in [0.15, 0.2) is 0 Å². The highest BCUT2D eigenvalue weighted by Crippen LogP contribution is 2.34. The topological polar surface area (TPSA) is 114 Å². The number of rotatable bonds is 11. The molecule has 2 aromatic carbocycles. The van der Waals surface area contributed by atoms with Crippen LogP contribution in [0.25, 0.3) is 0 Å². The largest absolute Gasteiger partial charge is 0.466 e. The summed E-state index contributed by atoms with van der Waals surface area (Å²) in [6.45, 7) is 7.69. The van der Waals surface area contributed by atoms with Crippen LogP contribution in [0.1, 0.15) is 77.1 Å². The van der Waals surface area contributed by atoms with E-state index in [2.05, 4.69) is 32.3 Å². The molecule has 3 unspecified atom stereocenters. The van der Waals surface area contributed by atoms with Gasteiger partial charge in [0.2, 0.25) is 12.0 Å². The Labute approximate surface area is 276 Å². The Morgan fingerprint density at radius 1 is 0.851 bits per heavy atom. The monoisotopic (exact) mass is 639 g/mol. The number of amides is 2. The minimum atomic E-state index is -1.02. The maximum atomic E-state index is 13.8. The number of likely N-dealkylation sites (tertiary alicyclic amines) is 2. The number of hydrogen-bond acceptors (Lipinski definition) is 8. The average Bonchev–Trinajstić information content (AvgIpc) is 3.84. The molecular weight excluding hydrogens is 594 g/mol. The average molecular weight is 640 g/mol. The van der Waals surface area contributed by atoms with Crippen LogP contribution in [0.4, 0.5) is 0 Å². The molecule has 3 heterocycles. The van der Waals surface area contributed by atoms with E-state index in [0.717, 1.165) is 57.3 Å². The van der Waals surface area contributed by atoms with Gasteiger partial charge < -0.3 is 24.6 Å². The summed E-state index contributed by atoms with van der Waals surface area (Å²) in [7, 11) is 1.31. The van der Waals surface area contributed by atoms with Crippen LogP contribution in [-0.2, 0) is 14.3 Å². The first kappa shape index (κ1) is 32.6. The van der Waals surface area contributed by atoms with E-state index in [1.54, 1.807) is 26.0 Å². The zero-order valence-corrected chi connectivity index (χ0v) is 27.6. The second kappa shape index (κ2) is 14.6. The van der Waals surface area contributed by atoms with Crippen molar-refractivity contribution in [2.75, 3.05) is 39.8 Å². The second-order valence-electron chi connectivity index (χ2n) is 13.2. The Bertz CT molecular complexity index is 1520. The fourth-order valence-corrected chi connectivity index (χ4v) is 7.53. The zero-order chi connectivity index (χ0) is 32.9. The van der Waals surface area contributed by atoms with Crippen LogP contribution in [0.3, 0.4) is 0 Å². The van der Waals surface area contributed by atoms with Crippen molar-refractivity contribution in [3.05, 3.63) is 88.7 Å². The van der Waals surface area contributed by atoms with Crippen molar-refractivity contribution in [2.45, 2.75) is 58.1 Å². The number of hydrogen-bond donors (Lipinski definition) is 1. The van der Waals surface area contributed by atoms with Crippen LogP contribution in [0, 0.1) is 31.6 Å². The first-order chi connectivity index (χ1) is 22.8. The summed E-state index contributed by atoms with van der Waals surface area (Å²) in [6, 6.07) is 19.4. The molecule has 1 aliphatic carbocycles. The molecule has 47 heavy (non-hydrogen) atoms. The van der Waals surface area contributed by atoms with Gasteiger partial charge in [-0.25, -0.2) is 4.79 Å². The molecule has 10 nitrogen and oxygen atoms in total. The lowest BCUT2D eigenvalue weighted by molar-refractivity contribution is -0.149. The van der Waals surface area contributed by atoms with E-state index in [1.165, 1.54) is 7.11 Å². The fraction of sp³-hybridized carbons (Fsp3) is 0.486. The number of benzene rings is 2. The number of nitrogens with zero attached hydrogens (tertiary/aromatic N) is 4. The molecule has 1 saturated carbocycles. The Hall–Kier alpha value is -4.31. The standard InChI is InChI=1S/C37H45N5O5/c1-24-32(25(2)39-37(38-24)47-33(36(45)46-3)27-14-8-5-9-15-27)35(44)42-22-29-20-41(21-30(29)23-42)19-18-31(26-12-6-4-7-13-26)40-34(43)28-16-10-11-17-28/h4-9,12-15,28-31,33H,10-11,16-23H2,1-3H3,(H,40,43)/t29?,30?,31?,33-/m0/s1. The highest BCUT2D eigenvalue weighted by Gasteiger charge is 2.42. The maximum Gasteiger partial charge on any atom is 0.351 e. The molecule has 4 atom stereocenters. The first-order valence-corrected chi connectivity index (χ1v) is 16.8. The Morgan fingerprint density at radius 2 is 1.43 bits per heavy atom. The Morgan fingerprint density at radius 3 is 2.00 bits per heavy atom. The van der Waals surface area contributed by atoms with Gasteiger partial charge in [-0.15, -0.1) is 0 Å². The minimum Gasteiger partial charge on any atom is -0.466 e. The normalized spacial score (nSPS) is 20.9. The number of carbonyl (C=O) groups is 3. The maximum absolute atomic E-state index is 13.8. The molecule has 248 valence electrons. The van der Waals surface area contributed by atoms with Crippen molar-refractivity contribution in [3.8, 4) is 6.01 Å². The van der Waals surface area contributed by atoms with Crippen LogP contribution >= 0.6 is 0 Å². The van der Waals surface area contributed by atoms with Crippen LogP contribution in [0.2, 0.25) is 0 Å². The summed E-state index contributed by atoms with van der Waals surface area (Å²) in [6.07, 6.45) is 4.10. The lowest BCUT2D eigenvalue weighted by atomic mass is 10.0. The predicted molar refractivity (Wildman–Crippen MR) is 177 cm³/mol. The van der Waals surface area contributed by atoms with E-state index < -0.39 is 12.1 Å². The van der Waals surface area contributed by atoms with Gasteiger partial charge in [-0.1, -0.05) is 73.5 Å². The first-order valence-electron chi connectivity index (χ1n) is 16.8. The van der Waals surface area contributed by atoms with E-state index in [0.29, 0.717) is 47.4 Å². The van der Waals surface area contributed by atoms with Gasteiger partial charge in [0.1, 0.15) is 0 Å². The third-order valence-electron chi connectivity index (χ3n) is 10.0. The summed E-state index contributed by atoms with van der Waals surface area (Å²) < 4.78 is 10.9. The summed E-state index contributed by atoms with van der Waals surface area (Å²) in [5, 5.41) is 3.37. The molecule has 1 aromatic heterocycles. The van der Waals surface area contributed by atoms with E-state index in [9.17, 15) is 14.4 Å².